The third kappa shape index (κ3) is 6.60. The number of hydrogen-bond donors (Lipinski definition) is 1. The fourth-order valence-corrected chi connectivity index (χ4v) is 4.23. The lowest BCUT2D eigenvalue weighted by molar-refractivity contribution is -0.126. The third-order valence-corrected chi connectivity index (χ3v) is 5.93. The van der Waals surface area contributed by atoms with Crippen molar-refractivity contribution in [2.45, 2.75) is 32.1 Å². The number of carbonyl (C=O) groups is 1. The molecule has 0 atom stereocenters. The van der Waals surface area contributed by atoms with Crippen LogP contribution >= 0.6 is 11.8 Å². The minimum Gasteiger partial charge on any atom is -0.494 e. The maximum absolute atomic E-state index is 12.4. The second-order valence-electron chi connectivity index (χ2n) is 7.05. The maximum atomic E-state index is 12.4. The molecule has 1 N–H and O–H groups in total. The van der Waals surface area contributed by atoms with Crippen LogP contribution in [0.4, 0.5) is 0 Å². The van der Waals surface area contributed by atoms with Crippen molar-refractivity contribution in [3.63, 3.8) is 0 Å². The Kier molecular flexibility index (Phi) is 8.30. The molecule has 1 amide bonds. The molecule has 0 bridgehead atoms. The van der Waals surface area contributed by atoms with E-state index in [9.17, 15) is 4.79 Å². The molecule has 5 nitrogen and oxygen atoms in total. The van der Waals surface area contributed by atoms with Gasteiger partial charge in [-0.25, -0.2) is 0 Å². The zero-order valence-electron chi connectivity index (χ0n) is 16.6. The summed E-state index contributed by atoms with van der Waals surface area (Å²) in [4.78, 5) is 14.8. The second-order valence-corrected chi connectivity index (χ2v) is 8.16. The SMILES string of the molecule is CCOc1cccc(CN2CCC(C(=O)NCCSCc3ccco3)CC2)c1. The Bertz CT molecular complexity index is 712. The molecule has 0 aliphatic carbocycles. The van der Waals surface area contributed by atoms with E-state index in [4.69, 9.17) is 9.15 Å². The number of likely N-dealkylation sites (tertiary alicyclic amines) is 1. The molecule has 0 spiro atoms. The predicted molar refractivity (Wildman–Crippen MR) is 113 cm³/mol. The summed E-state index contributed by atoms with van der Waals surface area (Å²) in [7, 11) is 0. The van der Waals surface area contributed by atoms with Crippen molar-refractivity contribution in [1.29, 1.82) is 0 Å². The number of ether oxygens (including phenoxy) is 1. The van der Waals surface area contributed by atoms with Crippen LogP contribution in [0.1, 0.15) is 31.1 Å². The molecule has 1 fully saturated rings. The van der Waals surface area contributed by atoms with E-state index in [0.29, 0.717) is 13.2 Å². The van der Waals surface area contributed by atoms with E-state index < -0.39 is 0 Å². The number of furan rings is 1. The minimum absolute atomic E-state index is 0.140. The normalized spacial score (nSPS) is 15.5. The number of hydrogen-bond acceptors (Lipinski definition) is 5. The van der Waals surface area contributed by atoms with Crippen molar-refractivity contribution in [3.8, 4) is 5.75 Å². The molecule has 1 aromatic carbocycles. The highest BCUT2D eigenvalue weighted by Crippen LogP contribution is 2.21. The fraction of sp³-hybridized carbons (Fsp3) is 0.500. The van der Waals surface area contributed by atoms with Crippen molar-refractivity contribution in [3.05, 3.63) is 54.0 Å². The van der Waals surface area contributed by atoms with Gasteiger partial charge >= 0.3 is 0 Å². The lowest BCUT2D eigenvalue weighted by atomic mass is 9.95. The van der Waals surface area contributed by atoms with E-state index in [0.717, 1.165) is 55.5 Å². The van der Waals surface area contributed by atoms with Crippen LogP contribution in [0.2, 0.25) is 0 Å². The zero-order chi connectivity index (χ0) is 19.6. The average molecular weight is 403 g/mol. The molecule has 6 heteroatoms. The molecule has 152 valence electrons. The van der Waals surface area contributed by atoms with E-state index >= 15 is 0 Å². The Morgan fingerprint density at radius 2 is 2.14 bits per heavy atom. The van der Waals surface area contributed by atoms with Gasteiger partial charge in [-0.3, -0.25) is 9.69 Å². The summed E-state index contributed by atoms with van der Waals surface area (Å²) in [5.41, 5.74) is 1.27. The van der Waals surface area contributed by atoms with Crippen LogP contribution in [0, 0.1) is 5.92 Å². The Balaban J connectivity index is 1.32. The van der Waals surface area contributed by atoms with Gasteiger partial charge in [0, 0.05) is 24.8 Å². The number of carbonyl (C=O) groups excluding carboxylic acids is 1. The van der Waals surface area contributed by atoms with Crippen LogP contribution in [0.15, 0.2) is 47.1 Å². The molecular formula is C22H30N2O3S. The molecule has 0 radical (unpaired) electrons. The van der Waals surface area contributed by atoms with Crippen LogP contribution in [0.25, 0.3) is 0 Å². The van der Waals surface area contributed by atoms with Gasteiger partial charge in [0.25, 0.3) is 0 Å². The fourth-order valence-electron chi connectivity index (χ4n) is 3.47. The summed E-state index contributed by atoms with van der Waals surface area (Å²) in [6, 6.07) is 12.2. The smallest absolute Gasteiger partial charge is 0.223 e. The topological polar surface area (TPSA) is 54.7 Å². The van der Waals surface area contributed by atoms with Crippen molar-refractivity contribution < 1.29 is 13.9 Å². The summed E-state index contributed by atoms with van der Waals surface area (Å²) in [6.45, 7) is 6.24. The van der Waals surface area contributed by atoms with Crippen LogP contribution in [-0.4, -0.2) is 42.8 Å². The molecule has 1 aromatic heterocycles. The number of rotatable bonds is 10. The highest BCUT2D eigenvalue weighted by atomic mass is 32.2. The molecule has 28 heavy (non-hydrogen) atoms. The van der Waals surface area contributed by atoms with Gasteiger partial charge < -0.3 is 14.5 Å². The van der Waals surface area contributed by atoms with Crippen molar-refractivity contribution in [2.75, 3.05) is 32.0 Å². The number of piperidine rings is 1. The quantitative estimate of drug-likeness (QED) is 0.610. The minimum atomic E-state index is 0.140. The summed E-state index contributed by atoms with van der Waals surface area (Å²) in [5, 5.41) is 3.09. The van der Waals surface area contributed by atoms with Crippen LogP contribution in [0.3, 0.4) is 0 Å². The lowest BCUT2D eigenvalue weighted by Crippen LogP contribution is -2.40. The van der Waals surface area contributed by atoms with Crippen LogP contribution in [-0.2, 0) is 17.1 Å². The predicted octanol–water partition coefficient (Wildman–Crippen LogP) is 3.94. The van der Waals surface area contributed by atoms with Gasteiger partial charge in [0.15, 0.2) is 0 Å². The Morgan fingerprint density at radius 3 is 2.89 bits per heavy atom. The molecule has 2 aromatic rings. The number of benzene rings is 1. The Morgan fingerprint density at radius 1 is 1.29 bits per heavy atom. The Hall–Kier alpha value is -1.92. The van der Waals surface area contributed by atoms with Gasteiger partial charge in [0.05, 0.1) is 18.6 Å². The zero-order valence-corrected chi connectivity index (χ0v) is 17.4. The number of amides is 1. The van der Waals surface area contributed by atoms with Crippen molar-refractivity contribution in [2.24, 2.45) is 5.92 Å². The largest absolute Gasteiger partial charge is 0.494 e. The van der Waals surface area contributed by atoms with E-state index in [1.54, 1.807) is 18.0 Å². The van der Waals surface area contributed by atoms with Crippen LogP contribution in [0.5, 0.6) is 5.75 Å². The lowest BCUT2D eigenvalue weighted by Gasteiger charge is -2.31. The summed E-state index contributed by atoms with van der Waals surface area (Å²) in [6.07, 6.45) is 3.55. The van der Waals surface area contributed by atoms with E-state index in [1.807, 2.05) is 31.2 Å². The van der Waals surface area contributed by atoms with Gasteiger partial charge in [0.1, 0.15) is 11.5 Å². The summed E-state index contributed by atoms with van der Waals surface area (Å²) in [5.74, 6) is 4.01. The number of thioether (sulfide) groups is 1. The van der Waals surface area contributed by atoms with Gasteiger partial charge in [-0.2, -0.15) is 11.8 Å². The first kappa shape index (κ1) is 20.8. The van der Waals surface area contributed by atoms with E-state index in [-0.39, 0.29) is 11.8 Å². The second kappa shape index (κ2) is 11.2. The van der Waals surface area contributed by atoms with Crippen molar-refractivity contribution in [1.82, 2.24) is 10.2 Å². The molecular weight excluding hydrogens is 372 g/mol. The molecule has 2 heterocycles. The van der Waals surface area contributed by atoms with Gasteiger partial charge in [-0.1, -0.05) is 12.1 Å². The summed E-state index contributed by atoms with van der Waals surface area (Å²) >= 11 is 1.78. The van der Waals surface area contributed by atoms with Gasteiger partial charge in [-0.15, -0.1) is 0 Å². The maximum Gasteiger partial charge on any atom is 0.223 e. The van der Waals surface area contributed by atoms with Crippen molar-refractivity contribution >= 4 is 17.7 Å². The van der Waals surface area contributed by atoms with Crippen LogP contribution < -0.4 is 10.1 Å². The van der Waals surface area contributed by atoms with E-state index in [1.165, 1.54) is 5.56 Å². The standard InChI is InChI=1S/C22H30N2O3S/c1-2-26-20-6-3-5-18(15-20)16-24-11-8-19(9-12-24)22(25)23-10-14-28-17-21-7-4-13-27-21/h3-7,13,15,19H,2,8-12,14,16-17H2,1H3,(H,23,25). The van der Waals surface area contributed by atoms with Gasteiger partial charge in [0.2, 0.25) is 5.91 Å². The molecule has 1 aliphatic heterocycles. The third-order valence-electron chi connectivity index (χ3n) is 4.94. The monoisotopic (exact) mass is 402 g/mol. The average Bonchev–Trinajstić information content (AvgIpc) is 3.22. The first-order chi connectivity index (χ1) is 13.7. The first-order valence-electron chi connectivity index (χ1n) is 10.1. The molecule has 0 unspecified atom stereocenters. The highest BCUT2D eigenvalue weighted by molar-refractivity contribution is 7.98. The van der Waals surface area contributed by atoms with Gasteiger partial charge in [-0.05, 0) is 62.7 Å². The number of nitrogens with one attached hydrogen (secondary N) is 1. The Labute approximate surface area is 171 Å². The molecule has 1 saturated heterocycles. The molecule has 3 rings (SSSR count). The summed E-state index contributed by atoms with van der Waals surface area (Å²) < 4.78 is 10.9. The highest BCUT2D eigenvalue weighted by Gasteiger charge is 2.24. The first-order valence-corrected chi connectivity index (χ1v) is 11.2. The molecule has 1 aliphatic rings. The number of nitrogens with zero attached hydrogens (tertiary/aromatic N) is 1. The molecule has 0 saturated carbocycles. The van der Waals surface area contributed by atoms with E-state index in [2.05, 4.69) is 22.3 Å².